The van der Waals surface area contributed by atoms with E-state index in [0.29, 0.717) is 0 Å². The van der Waals surface area contributed by atoms with Crippen LogP contribution < -0.4 is 0 Å². The molecule has 0 saturated carbocycles. The zero-order valence-corrected chi connectivity index (χ0v) is 6.68. The van der Waals surface area contributed by atoms with Crippen molar-refractivity contribution in [2.24, 2.45) is 0 Å². The quantitative estimate of drug-likeness (QED) is 0.281. The molecule has 0 aliphatic carbocycles. The Labute approximate surface area is 57.1 Å². The minimum Gasteiger partial charge on any atom is -0.267 e. The van der Waals surface area contributed by atoms with Gasteiger partial charge in [0.2, 0.25) is 0 Å². The number of hydrogen-bond acceptors (Lipinski definition) is 0. The van der Waals surface area contributed by atoms with Crippen molar-refractivity contribution < 1.29 is 4.58 Å². The first-order valence-electron chi connectivity index (χ1n) is 2.93. The Morgan fingerprint density at radius 2 is 1.89 bits per heavy atom. The van der Waals surface area contributed by atoms with Gasteiger partial charge < -0.3 is 0 Å². The summed E-state index contributed by atoms with van der Waals surface area (Å²) in [5.74, 6) is 1.12. The van der Waals surface area contributed by atoms with Crippen LogP contribution in [0.5, 0.6) is 0 Å². The average Bonchev–Trinajstić information content (AvgIpc) is 1.64. The maximum Gasteiger partial charge on any atom is 0.270 e. The summed E-state index contributed by atoms with van der Waals surface area (Å²) in [4.78, 5) is 2.02. The monoisotopic (exact) mass is 127 g/mol. The van der Waals surface area contributed by atoms with Crippen molar-refractivity contribution in [2.45, 2.75) is 0 Å². The van der Waals surface area contributed by atoms with Gasteiger partial charge in [0.1, 0.15) is 0 Å². The van der Waals surface area contributed by atoms with Crippen molar-refractivity contribution in [3.8, 4) is 0 Å². The standard InChI is InChI=1S/C7H15N2/c1-6-7(8(2)3)9(4)5/h6H,1H2,2-5H3/q+1. The van der Waals surface area contributed by atoms with Gasteiger partial charge in [0.05, 0.1) is 28.2 Å². The maximum atomic E-state index is 3.68. The van der Waals surface area contributed by atoms with E-state index in [0.717, 1.165) is 5.84 Å². The summed E-state index contributed by atoms with van der Waals surface area (Å²) in [7, 11) is 7.99. The Hall–Kier alpha value is -0.790. The number of nitrogens with zero attached hydrogens (tertiary/aromatic N) is 2. The second-order valence-corrected chi connectivity index (χ2v) is 2.35. The maximum absolute atomic E-state index is 3.68. The largest absolute Gasteiger partial charge is 0.270 e. The van der Waals surface area contributed by atoms with Crippen molar-refractivity contribution in [1.82, 2.24) is 4.90 Å². The molecule has 2 heteroatoms. The summed E-state index contributed by atoms with van der Waals surface area (Å²) < 4.78 is 2.02. The molecule has 0 spiro atoms. The van der Waals surface area contributed by atoms with Crippen LogP contribution in [0.1, 0.15) is 0 Å². The van der Waals surface area contributed by atoms with Crippen molar-refractivity contribution in [1.29, 1.82) is 0 Å². The van der Waals surface area contributed by atoms with Crippen LogP contribution in [-0.4, -0.2) is 43.5 Å². The van der Waals surface area contributed by atoms with E-state index in [1.54, 1.807) is 0 Å². The first kappa shape index (κ1) is 8.21. The van der Waals surface area contributed by atoms with Gasteiger partial charge in [0, 0.05) is 6.08 Å². The lowest BCUT2D eigenvalue weighted by Crippen LogP contribution is -2.27. The van der Waals surface area contributed by atoms with E-state index in [1.807, 2.05) is 43.7 Å². The molecule has 0 unspecified atom stereocenters. The number of amidine groups is 1. The molecular formula is C7H15N2+. The van der Waals surface area contributed by atoms with Crippen LogP contribution in [0.4, 0.5) is 0 Å². The van der Waals surface area contributed by atoms with Crippen LogP contribution in [0, 0.1) is 0 Å². The highest BCUT2D eigenvalue weighted by molar-refractivity contribution is 5.87. The average molecular weight is 127 g/mol. The van der Waals surface area contributed by atoms with Gasteiger partial charge in [-0.15, -0.1) is 0 Å². The zero-order chi connectivity index (χ0) is 7.44. The van der Waals surface area contributed by atoms with Crippen LogP contribution in [0.3, 0.4) is 0 Å². The van der Waals surface area contributed by atoms with Crippen molar-refractivity contribution >= 4 is 5.84 Å². The number of hydrogen-bond donors (Lipinski definition) is 0. The third kappa shape index (κ3) is 2.31. The Morgan fingerprint density at radius 1 is 1.44 bits per heavy atom. The van der Waals surface area contributed by atoms with Crippen LogP contribution in [0.2, 0.25) is 0 Å². The Balaban J connectivity index is 4.34. The van der Waals surface area contributed by atoms with Gasteiger partial charge in [-0.2, -0.15) is 0 Å². The first-order chi connectivity index (χ1) is 4.09. The smallest absolute Gasteiger partial charge is 0.267 e. The SMILES string of the molecule is C=CC(N(C)C)=[N+](C)C. The Bertz CT molecular complexity index is 130. The van der Waals surface area contributed by atoms with Gasteiger partial charge in [0.25, 0.3) is 5.84 Å². The lowest BCUT2D eigenvalue weighted by atomic mass is 10.5. The fraction of sp³-hybridized carbons (Fsp3) is 0.571. The fourth-order valence-electron chi connectivity index (χ4n) is 0.765. The van der Waals surface area contributed by atoms with Crippen LogP contribution in [-0.2, 0) is 0 Å². The molecule has 0 aromatic rings. The summed E-state index contributed by atoms with van der Waals surface area (Å²) in [6.45, 7) is 3.68. The molecular weight excluding hydrogens is 112 g/mol. The summed E-state index contributed by atoms with van der Waals surface area (Å²) in [6, 6.07) is 0. The third-order valence-electron chi connectivity index (χ3n) is 1.10. The second-order valence-electron chi connectivity index (χ2n) is 2.35. The number of rotatable bonds is 1. The fourth-order valence-corrected chi connectivity index (χ4v) is 0.765. The second kappa shape index (κ2) is 3.28. The van der Waals surface area contributed by atoms with Crippen LogP contribution in [0.15, 0.2) is 12.7 Å². The molecule has 0 aromatic carbocycles. The molecule has 0 aliphatic rings. The lowest BCUT2D eigenvalue weighted by Gasteiger charge is -2.05. The molecule has 9 heavy (non-hydrogen) atoms. The van der Waals surface area contributed by atoms with Gasteiger partial charge >= 0.3 is 0 Å². The molecule has 0 radical (unpaired) electrons. The predicted octanol–water partition coefficient (Wildman–Crippen LogP) is 0.405. The molecule has 0 N–H and O–H groups in total. The zero-order valence-electron chi connectivity index (χ0n) is 6.68. The first-order valence-corrected chi connectivity index (χ1v) is 2.93. The van der Waals surface area contributed by atoms with E-state index in [-0.39, 0.29) is 0 Å². The van der Waals surface area contributed by atoms with Crippen LogP contribution in [0.25, 0.3) is 0 Å². The molecule has 2 nitrogen and oxygen atoms in total. The van der Waals surface area contributed by atoms with Gasteiger partial charge in [-0.25, -0.2) is 0 Å². The molecule has 0 saturated heterocycles. The highest BCUT2D eigenvalue weighted by Gasteiger charge is 2.03. The highest BCUT2D eigenvalue weighted by atomic mass is 15.2. The highest BCUT2D eigenvalue weighted by Crippen LogP contribution is 1.80. The van der Waals surface area contributed by atoms with Crippen LogP contribution >= 0.6 is 0 Å². The molecule has 0 fully saturated rings. The summed E-state index contributed by atoms with van der Waals surface area (Å²) in [6.07, 6.45) is 1.83. The molecule has 0 aromatic heterocycles. The van der Waals surface area contributed by atoms with Gasteiger partial charge in [-0.1, -0.05) is 6.58 Å². The molecule has 0 bridgehead atoms. The summed E-state index contributed by atoms with van der Waals surface area (Å²) in [5.41, 5.74) is 0. The van der Waals surface area contributed by atoms with E-state index < -0.39 is 0 Å². The normalized spacial score (nSPS) is 8.44. The molecule has 0 rings (SSSR count). The molecule has 0 amide bonds. The van der Waals surface area contributed by atoms with E-state index in [1.165, 1.54) is 0 Å². The minimum atomic E-state index is 1.12. The topological polar surface area (TPSA) is 6.25 Å². The molecule has 0 atom stereocenters. The molecule has 0 heterocycles. The summed E-state index contributed by atoms with van der Waals surface area (Å²) >= 11 is 0. The van der Waals surface area contributed by atoms with Crippen molar-refractivity contribution in [2.75, 3.05) is 28.2 Å². The Morgan fingerprint density at radius 3 is 1.89 bits per heavy atom. The minimum absolute atomic E-state index is 1.12. The van der Waals surface area contributed by atoms with Gasteiger partial charge in [-0.3, -0.25) is 9.48 Å². The molecule has 0 aliphatic heterocycles. The van der Waals surface area contributed by atoms with Crippen molar-refractivity contribution in [3.63, 3.8) is 0 Å². The third-order valence-corrected chi connectivity index (χ3v) is 1.10. The Kier molecular flexibility index (Phi) is 2.99. The van der Waals surface area contributed by atoms with Gasteiger partial charge in [-0.05, 0) is 0 Å². The predicted molar refractivity (Wildman–Crippen MR) is 41.0 cm³/mol. The molecule has 52 valence electrons. The lowest BCUT2D eigenvalue weighted by molar-refractivity contribution is -0.468. The van der Waals surface area contributed by atoms with Crippen molar-refractivity contribution in [3.05, 3.63) is 12.7 Å². The van der Waals surface area contributed by atoms with E-state index in [2.05, 4.69) is 6.58 Å². The van der Waals surface area contributed by atoms with E-state index in [9.17, 15) is 0 Å². The van der Waals surface area contributed by atoms with E-state index >= 15 is 0 Å². The number of likely N-dealkylation sites (N-methyl/N-ethyl adjacent to an activating group) is 1. The van der Waals surface area contributed by atoms with E-state index in [4.69, 9.17) is 0 Å². The summed E-state index contributed by atoms with van der Waals surface area (Å²) in [5, 5.41) is 0. The van der Waals surface area contributed by atoms with Gasteiger partial charge in [0.15, 0.2) is 0 Å².